The Morgan fingerprint density at radius 1 is 1.13 bits per heavy atom. The number of methoxy groups -OCH3 is 1. The number of para-hydroxylation sites is 1. The Hall–Kier alpha value is -2.65. The van der Waals surface area contributed by atoms with Crippen molar-refractivity contribution >= 4 is 5.91 Å². The van der Waals surface area contributed by atoms with E-state index in [0.29, 0.717) is 25.6 Å². The van der Waals surface area contributed by atoms with E-state index < -0.39 is 0 Å². The van der Waals surface area contributed by atoms with Crippen LogP contribution >= 0.6 is 0 Å². The number of nitrogens with one attached hydrogen (secondary N) is 2. The molecule has 2 atom stereocenters. The first-order chi connectivity index (χ1) is 15.1. The van der Waals surface area contributed by atoms with Crippen molar-refractivity contribution in [2.75, 3.05) is 20.2 Å². The van der Waals surface area contributed by atoms with Gasteiger partial charge in [-0.2, -0.15) is 5.10 Å². The summed E-state index contributed by atoms with van der Waals surface area (Å²) in [5.41, 5.74) is 7.48. The summed E-state index contributed by atoms with van der Waals surface area (Å²) in [5, 5.41) is 4.53. The zero-order valence-electron chi connectivity index (χ0n) is 18.1. The minimum atomic E-state index is -0.258. The Morgan fingerprint density at radius 3 is 2.58 bits per heavy atom. The van der Waals surface area contributed by atoms with E-state index in [9.17, 15) is 9.59 Å². The lowest BCUT2D eigenvalue weighted by Crippen LogP contribution is -2.48. The second kappa shape index (κ2) is 8.12. The molecule has 1 amide bonds. The Morgan fingerprint density at radius 2 is 1.87 bits per heavy atom. The molecule has 0 spiro atoms. The molecule has 1 aromatic heterocycles. The maximum Gasteiger partial charge on any atom is 0.345 e. The Labute approximate surface area is 181 Å². The van der Waals surface area contributed by atoms with Gasteiger partial charge in [-0.3, -0.25) is 9.36 Å². The third-order valence-corrected chi connectivity index (χ3v) is 6.78. The summed E-state index contributed by atoms with van der Waals surface area (Å²) in [6.45, 7) is 1.38. The highest BCUT2D eigenvalue weighted by Crippen LogP contribution is 2.37. The predicted octanol–water partition coefficient (Wildman–Crippen LogP) is 1.24. The Balaban J connectivity index is 1.21. The molecule has 31 heavy (non-hydrogen) atoms. The largest absolute Gasteiger partial charge is 0.496 e. The molecular weight excluding hydrogens is 396 g/mol. The van der Waals surface area contributed by atoms with Crippen LogP contribution in [0.5, 0.6) is 5.75 Å². The third kappa shape index (κ3) is 3.76. The summed E-state index contributed by atoms with van der Waals surface area (Å²) in [5.74, 6) is 2.09. The first-order valence-electron chi connectivity index (χ1n) is 11.1. The number of nitrogens with zero attached hydrogens (tertiary/aromatic N) is 4. The van der Waals surface area contributed by atoms with Gasteiger partial charge in [-0.15, -0.1) is 0 Å². The zero-order chi connectivity index (χ0) is 21.5. The van der Waals surface area contributed by atoms with E-state index in [4.69, 9.17) is 4.74 Å². The second-order valence-corrected chi connectivity index (χ2v) is 8.84. The molecule has 2 saturated heterocycles. The molecule has 1 aromatic carbocycles. The van der Waals surface area contributed by atoms with Gasteiger partial charge in [0.2, 0.25) is 5.91 Å². The van der Waals surface area contributed by atoms with E-state index in [0.717, 1.165) is 42.8 Å². The molecule has 2 aromatic rings. The minimum Gasteiger partial charge on any atom is -0.496 e. The van der Waals surface area contributed by atoms with E-state index in [1.807, 2.05) is 33.7 Å². The number of carbonyl (C=O) groups is 1. The average Bonchev–Trinajstić information content (AvgIpc) is 3.43. The summed E-state index contributed by atoms with van der Waals surface area (Å²) >= 11 is 0. The fraction of sp³-hybridized carbons (Fsp3) is 0.591. The monoisotopic (exact) mass is 426 g/mol. The number of aromatic nitrogens is 3. The minimum absolute atomic E-state index is 0.0142. The van der Waals surface area contributed by atoms with Gasteiger partial charge in [0.1, 0.15) is 17.6 Å². The quantitative estimate of drug-likeness (QED) is 0.747. The van der Waals surface area contributed by atoms with Crippen LogP contribution < -0.4 is 21.3 Å². The number of rotatable bonds is 5. The molecule has 3 heterocycles. The molecule has 2 N–H and O–H groups in total. The van der Waals surface area contributed by atoms with Gasteiger partial charge in [0.05, 0.1) is 13.2 Å². The molecule has 2 unspecified atom stereocenters. The number of hydrogen-bond acceptors (Lipinski definition) is 6. The molecular formula is C22H30N6O3. The zero-order valence-corrected chi connectivity index (χ0v) is 18.1. The van der Waals surface area contributed by atoms with Crippen molar-refractivity contribution in [3.8, 4) is 5.75 Å². The number of likely N-dealkylation sites (tertiary alicyclic amines) is 1. The molecule has 166 valence electrons. The van der Waals surface area contributed by atoms with Gasteiger partial charge in [0.15, 0.2) is 0 Å². The summed E-state index contributed by atoms with van der Waals surface area (Å²) in [6.07, 6.45) is 4.48. The van der Waals surface area contributed by atoms with Gasteiger partial charge in [-0.1, -0.05) is 18.2 Å². The average molecular weight is 427 g/mol. The van der Waals surface area contributed by atoms with Gasteiger partial charge < -0.3 is 9.64 Å². The van der Waals surface area contributed by atoms with E-state index in [-0.39, 0.29) is 29.6 Å². The van der Waals surface area contributed by atoms with Crippen molar-refractivity contribution in [3.05, 3.63) is 46.1 Å². The van der Waals surface area contributed by atoms with Gasteiger partial charge in [-0.25, -0.2) is 20.3 Å². The van der Waals surface area contributed by atoms with Crippen LogP contribution in [-0.2, 0) is 11.8 Å². The van der Waals surface area contributed by atoms with Crippen LogP contribution in [0.2, 0.25) is 0 Å². The number of aryl methyl sites for hydroxylation is 1. The molecule has 3 aliphatic rings. The van der Waals surface area contributed by atoms with E-state index >= 15 is 0 Å². The number of ether oxygens (including phenoxy) is 1. The highest BCUT2D eigenvalue weighted by molar-refractivity contribution is 5.82. The number of benzene rings is 1. The lowest BCUT2D eigenvalue weighted by Gasteiger charge is -2.33. The first kappa shape index (κ1) is 20.3. The van der Waals surface area contributed by atoms with Crippen LogP contribution in [0.25, 0.3) is 0 Å². The van der Waals surface area contributed by atoms with Crippen molar-refractivity contribution in [3.63, 3.8) is 0 Å². The third-order valence-electron chi connectivity index (χ3n) is 6.78. The molecule has 3 fully saturated rings. The smallest absolute Gasteiger partial charge is 0.345 e. The maximum absolute atomic E-state index is 13.1. The van der Waals surface area contributed by atoms with Gasteiger partial charge in [0.25, 0.3) is 0 Å². The highest BCUT2D eigenvalue weighted by atomic mass is 16.5. The van der Waals surface area contributed by atoms with Crippen LogP contribution in [0.15, 0.2) is 29.1 Å². The second-order valence-electron chi connectivity index (χ2n) is 8.84. The predicted molar refractivity (Wildman–Crippen MR) is 115 cm³/mol. The molecule has 1 saturated carbocycles. The standard InChI is InChI=1S/C22H30N6O3/c1-26-22(30)28(15-7-8-15)20(25-26)14-9-11-27(12-10-14)21(29)18-13-17(23-24-18)16-5-3-4-6-19(16)31-2/h3-6,14-15,17-18,23-24H,7-13H2,1-2H3. The number of piperidine rings is 1. The highest BCUT2D eigenvalue weighted by Gasteiger charge is 2.37. The Bertz CT molecular complexity index is 1020. The van der Waals surface area contributed by atoms with E-state index in [1.54, 1.807) is 14.2 Å². The lowest BCUT2D eigenvalue weighted by atomic mass is 9.94. The maximum atomic E-state index is 13.1. The normalized spacial score (nSPS) is 24.5. The van der Waals surface area contributed by atoms with Crippen molar-refractivity contribution in [2.24, 2.45) is 7.05 Å². The fourth-order valence-corrected chi connectivity index (χ4v) is 4.91. The number of hydrazine groups is 1. The summed E-state index contributed by atoms with van der Waals surface area (Å²) < 4.78 is 8.82. The lowest BCUT2D eigenvalue weighted by molar-refractivity contribution is -0.134. The van der Waals surface area contributed by atoms with Crippen molar-refractivity contribution in [1.29, 1.82) is 0 Å². The molecule has 1 aliphatic carbocycles. The first-order valence-corrected chi connectivity index (χ1v) is 11.1. The SMILES string of the molecule is COc1ccccc1C1CC(C(=O)N2CCC(c3nn(C)c(=O)n3C3CC3)CC2)NN1. The van der Waals surface area contributed by atoms with E-state index in [2.05, 4.69) is 16.0 Å². The van der Waals surface area contributed by atoms with Crippen LogP contribution in [0.4, 0.5) is 0 Å². The van der Waals surface area contributed by atoms with Gasteiger partial charge in [0, 0.05) is 37.7 Å². The number of carbonyl (C=O) groups excluding carboxylic acids is 1. The molecule has 0 bridgehead atoms. The fourth-order valence-electron chi connectivity index (χ4n) is 4.91. The van der Waals surface area contributed by atoms with Crippen LogP contribution in [0, 0.1) is 0 Å². The summed E-state index contributed by atoms with van der Waals surface area (Å²) in [4.78, 5) is 27.5. The van der Waals surface area contributed by atoms with Crippen LogP contribution in [-0.4, -0.2) is 51.4 Å². The number of hydrogen-bond donors (Lipinski definition) is 2. The van der Waals surface area contributed by atoms with Crippen molar-refractivity contribution < 1.29 is 9.53 Å². The summed E-state index contributed by atoms with van der Waals surface area (Å²) in [7, 11) is 3.39. The topological polar surface area (TPSA) is 93.4 Å². The molecule has 0 radical (unpaired) electrons. The van der Waals surface area contributed by atoms with Crippen molar-refractivity contribution in [2.45, 2.75) is 56.1 Å². The Kier molecular flexibility index (Phi) is 5.31. The molecule has 5 rings (SSSR count). The van der Waals surface area contributed by atoms with Gasteiger partial charge in [-0.05, 0) is 38.2 Å². The number of amides is 1. The van der Waals surface area contributed by atoms with Crippen LogP contribution in [0.3, 0.4) is 0 Å². The molecule has 9 nitrogen and oxygen atoms in total. The van der Waals surface area contributed by atoms with Gasteiger partial charge >= 0.3 is 5.69 Å². The van der Waals surface area contributed by atoms with E-state index in [1.165, 1.54) is 4.68 Å². The van der Waals surface area contributed by atoms with Crippen LogP contribution in [0.1, 0.15) is 61.5 Å². The summed E-state index contributed by atoms with van der Waals surface area (Å²) in [6, 6.07) is 7.99. The molecule has 2 aliphatic heterocycles. The van der Waals surface area contributed by atoms with Crippen molar-refractivity contribution in [1.82, 2.24) is 30.1 Å². The molecule has 9 heteroatoms.